The third-order valence-corrected chi connectivity index (χ3v) is 3.51. The van der Waals surface area contributed by atoms with E-state index < -0.39 is 5.82 Å². The maximum absolute atomic E-state index is 13.3. The minimum atomic E-state index is -0.522. The molecule has 0 spiro atoms. The van der Waals surface area contributed by atoms with Crippen LogP contribution in [0.3, 0.4) is 0 Å². The number of halogens is 1. The standard InChI is InChI=1S/C14H20FN3O2/c1-3-16-13-10(7-9(15)8-17-13)14(19)18-11-5-4-6-12(11)20-2/h7-8,11-12H,3-6H2,1-2H3,(H,16,17)(H,18,19). The molecule has 0 aliphatic heterocycles. The fourth-order valence-electron chi connectivity index (χ4n) is 2.54. The molecule has 1 aromatic heterocycles. The molecule has 0 aromatic carbocycles. The minimum absolute atomic E-state index is 0.0229. The molecule has 0 bridgehead atoms. The fourth-order valence-corrected chi connectivity index (χ4v) is 2.54. The summed E-state index contributed by atoms with van der Waals surface area (Å²) < 4.78 is 18.7. The summed E-state index contributed by atoms with van der Waals surface area (Å²) in [6.45, 7) is 2.51. The van der Waals surface area contributed by atoms with Gasteiger partial charge < -0.3 is 15.4 Å². The van der Waals surface area contributed by atoms with Gasteiger partial charge in [-0.25, -0.2) is 9.37 Å². The van der Waals surface area contributed by atoms with Crippen LogP contribution in [0.2, 0.25) is 0 Å². The average molecular weight is 281 g/mol. The molecular weight excluding hydrogens is 261 g/mol. The van der Waals surface area contributed by atoms with Crippen LogP contribution in [0.25, 0.3) is 0 Å². The zero-order valence-electron chi connectivity index (χ0n) is 11.8. The summed E-state index contributed by atoms with van der Waals surface area (Å²) in [5.74, 6) is -0.438. The molecule has 110 valence electrons. The summed E-state index contributed by atoms with van der Waals surface area (Å²) in [7, 11) is 1.64. The lowest BCUT2D eigenvalue weighted by molar-refractivity contribution is 0.0722. The summed E-state index contributed by atoms with van der Waals surface area (Å²) in [6, 6.07) is 1.18. The Labute approximate surface area is 117 Å². The quantitative estimate of drug-likeness (QED) is 0.866. The Morgan fingerprint density at radius 3 is 3.05 bits per heavy atom. The Morgan fingerprint density at radius 2 is 2.35 bits per heavy atom. The van der Waals surface area contributed by atoms with E-state index in [1.165, 1.54) is 6.07 Å². The van der Waals surface area contributed by atoms with E-state index in [0.717, 1.165) is 25.5 Å². The van der Waals surface area contributed by atoms with Gasteiger partial charge in [0.2, 0.25) is 0 Å². The number of carbonyl (C=O) groups excluding carboxylic acids is 1. The number of amides is 1. The van der Waals surface area contributed by atoms with Gasteiger partial charge in [-0.1, -0.05) is 0 Å². The number of nitrogens with zero attached hydrogens (tertiary/aromatic N) is 1. The third-order valence-electron chi connectivity index (χ3n) is 3.51. The van der Waals surface area contributed by atoms with Crippen molar-refractivity contribution in [3.8, 4) is 0 Å². The number of hydrogen-bond donors (Lipinski definition) is 2. The van der Waals surface area contributed by atoms with Gasteiger partial charge in [0.15, 0.2) is 0 Å². The number of ether oxygens (including phenoxy) is 1. The largest absolute Gasteiger partial charge is 0.379 e. The zero-order valence-corrected chi connectivity index (χ0v) is 11.8. The van der Waals surface area contributed by atoms with Crippen LogP contribution in [-0.2, 0) is 4.74 Å². The Bertz CT molecular complexity index is 481. The lowest BCUT2D eigenvalue weighted by Crippen LogP contribution is -2.41. The van der Waals surface area contributed by atoms with Gasteiger partial charge in [-0.3, -0.25) is 4.79 Å². The van der Waals surface area contributed by atoms with Crippen molar-refractivity contribution in [2.45, 2.75) is 38.3 Å². The molecule has 20 heavy (non-hydrogen) atoms. The van der Waals surface area contributed by atoms with Crippen LogP contribution in [0.5, 0.6) is 0 Å². The van der Waals surface area contributed by atoms with Crippen molar-refractivity contribution in [2.75, 3.05) is 19.0 Å². The van der Waals surface area contributed by atoms with Crippen molar-refractivity contribution in [1.29, 1.82) is 0 Å². The molecule has 5 nitrogen and oxygen atoms in total. The molecule has 1 aromatic rings. The number of nitrogens with one attached hydrogen (secondary N) is 2. The highest BCUT2D eigenvalue weighted by Crippen LogP contribution is 2.22. The van der Waals surface area contributed by atoms with Crippen LogP contribution >= 0.6 is 0 Å². The van der Waals surface area contributed by atoms with Gasteiger partial charge in [0.05, 0.1) is 23.9 Å². The van der Waals surface area contributed by atoms with Crippen LogP contribution < -0.4 is 10.6 Å². The first-order chi connectivity index (χ1) is 9.65. The van der Waals surface area contributed by atoms with E-state index in [1.807, 2.05) is 6.92 Å². The second kappa shape index (κ2) is 6.65. The Kier molecular flexibility index (Phi) is 4.89. The monoisotopic (exact) mass is 281 g/mol. The highest BCUT2D eigenvalue weighted by atomic mass is 19.1. The predicted molar refractivity (Wildman–Crippen MR) is 74.3 cm³/mol. The van der Waals surface area contributed by atoms with Crippen LogP contribution in [0, 0.1) is 5.82 Å². The molecule has 2 N–H and O–H groups in total. The second-order valence-corrected chi connectivity index (χ2v) is 4.87. The topological polar surface area (TPSA) is 63.2 Å². The summed E-state index contributed by atoms with van der Waals surface area (Å²) in [5.41, 5.74) is 0.230. The Hall–Kier alpha value is -1.69. The summed E-state index contributed by atoms with van der Waals surface area (Å²) >= 11 is 0. The normalized spacial score (nSPS) is 21.8. The maximum Gasteiger partial charge on any atom is 0.255 e. The molecule has 1 saturated carbocycles. The Morgan fingerprint density at radius 1 is 1.55 bits per heavy atom. The van der Waals surface area contributed by atoms with E-state index in [2.05, 4.69) is 15.6 Å². The molecule has 6 heteroatoms. The number of aromatic nitrogens is 1. The summed E-state index contributed by atoms with van der Waals surface area (Å²) in [4.78, 5) is 16.2. The van der Waals surface area contributed by atoms with Crippen molar-refractivity contribution in [1.82, 2.24) is 10.3 Å². The smallest absolute Gasteiger partial charge is 0.255 e. The fraction of sp³-hybridized carbons (Fsp3) is 0.571. The number of hydrogen-bond acceptors (Lipinski definition) is 4. The molecular formula is C14H20FN3O2. The van der Waals surface area contributed by atoms with Crippen molar-refractivity contribution < 1.29 is 13.9 Å². The van der Waals surface area contributed by atoms with Gasteiger partial charge in [0.1, 0.15) is 11.6 Å². The van der Waals surface area contributed by atoms with Crippen LogP contribution in [0.1, 0.15) is 36.5 Å². The van der Waals surface area contributed by atoms with E-state index in [0.29, 0.717) is 12.4 Å². The van der Waals surface area contributed by atoms with Crippen LogP contribution in [-0.4, -0.2) is 36.7 Å². The van der Waals surface area contributed by atoms with Crippen molar-refractivity contribution in [3.63, 3.8) is 0 Å². The Balaban J connectivity index is 2.13. The first-order valence-corrected chi connectivity index (χ1v) is 6.88. The van der Waals surface area contributed by atoms with Crippen molar-refractivity contribution >= 4 is 11.7 Å². The molecule has 1 amide bonds. The molecule has 1 heterocycles. The molecule has 2 unspecified atom stereocenters. The lowest BCUT2D eigenvalue weighted by Gasteiger charge is -2.20. The SMILES string of the molecule is CCNc1ncc(F)cc1C(=O)NC1CCCC1OC. The number of methoxy groups -OCH3 is 1. The lowest BCUT2D eigenvalue weighted by atomic mass is 10.1. The van der Waals surface area contributed by atoms with Crippen LogP contribution in [0.4, 0.5) is 10.2 Å². The van der Waals surface area contributed by atoms with Gasteiger partial charge in [-0.2, -0.15) is 0 Å². The number of rotatable bonds is 5. The van der Waals surface area contributed by atoms with Gasteiger partial charge in [-0.05, 0) is 32.3 Å². The average Bonchev–Trinajstić information content (AvgIpc) is 2.88. The predicted octanol–water partition coefficient (Wildman–Crippen LogP) is 1.95. The zero-order chi connectivity index (χ0) is 14.5. The number of carbonyl (C=O) groups is 1. The molecule has 1 fully saturated rings. The van der Waals surface area contributed by atoms with Crippen molar-refractivity contribution in [3.05, 3.63) is 23.6 Å². The van der Waals surface area contributed by atoms with E-state index >= 15 is 0 Å². The molecule has 0 saturated heterocycles. The highest BCUT2D eigenvalue weighted by molar-refractivity contribution is 5.98. The van der Waals surface area contributed by atoms with Crippen molar-refractivity contribution in [2.24, 2.45) is 0 Å². The molecule has 0 radical (unpaired) electrons. The highest BCUT2D eigenvalue weighted by Gasteiger charge is 2.29. The first-order valence-electron chi connectivity index (χ1n) is 6.88. The molecule has 2 rings (SSSR count). The second-order valence-electron chi connectivity index (χ2n) is 4.87. The van der Waals surface area contributed by atoms with E-state index in [4.69, 9.17) is 4.74 Å². The number of pyridine rings is 1. The third kappa shape index (κ3) is 3.25. The maximum atomic E-state index is 13.3. The molecule has 1 aliphatic carbocycles. The number of anilines is 1. The van der Waals surface area contributed by atoms with Gasteiger partial charge in [0.25, 0.3) is 5.91 Å². The van der Waals surface area contributed by atoms with Crippen LogP contribution in [0.15, 0.2) is 12.3 Å². The first kappa shape index (κ1) is 14.7. The van der Waals surface area contributed by atoms with E-state index in [9.17, 15) is 9.18 Å². The summed E-state index contributed by atoms with van der Waals surface area (Å²) in [6.07, 6.45) is 3.96. The minimum Gasteiger partial charge on any atom is -0.379 e. The molecule has 2 atom stereocenters. The van der Waals surface area contributed by atoms with Gasteiger partial charge in [-0.15, -0.1) is 0 Å². The molecule has 1 aliphatic rings. The summed E-state index contributed by atoms with van der Waals surface area (Å²) in [5, 5.41) is 5.88. The van der Waals surface area contributed by atoms with Gasteiger partial charge >= 0.3 is 0 Å². The van der Waals surface area contributed by atoms with E-state index in [1.54, 1.807) is 7.11 Å². The van der Waals surface area contributed by atoms with Gasteiger partial charge in [0, 0.05) is 13.7 Å². The van der Waals surface area contributed by atoms with E-state index in [-0.39, 0.29) is 23.6 Å².